The maximum Gasteiger partial charge on any atom is 0.410 e. The zero-order valence-corrected chi connectivity index (χ0v) is 14.4. The molecule has 4 heteroatoms. The van der Waals surface area contributed by atoms with Crippen LogP contribution >= 0.6 is 0 Å². The quantitative estimate of drug-likeness (QED) is 0.864. The topological polar surface area (TPSA) is 55.6 Å². The average molecular weight is 304 g/mol. The summed E-state index contributed by atoms with van der Waals surface area (Å²) in [4.78, 5) is 13.9. The maximum absolute atomic E-state index is 12.1. The molecule has 0 aliphatic carbocycles. The normalized spacial score (nSPS) is 18.2. The molecule has 1 amide bonds. The summed E-state index contributed by atoms with van der Waals surface area (Å²) in [6.07, 6.45) is 1.28. The lowest BCUT2D eigenvalue weighted by molar-refractivity contribution is 0.0166. The summed E-state index contributed by atoms with van der Waals surface area (Å²) in [6.45, 7) is 11.1. The number of nitrogens with zero attached hydrogens (tertiary/aromatic N) is 1. The van der Waals surface area contributed by atoms with Crippen LogP contribution in [0.1, 0.15) is 50.3 Å². The van der Waals surface area contributed by atoms with Gasteiger partial charge in [0, 0.05) is 18.6 Å². The van der Waals surface area contributed by atoms with Gasteiger partial charge in [-0.3, -0.25) is 0 Å². The third kappa shape index (κ3) is 4.01. The Morgan fingerprint density at radius 2 is 1.64 bits per heavy atom. The van der Waals surface area contributed by atoms with Gasteiger partial charge in [0.1, 0.15) is 5.60 Å². The van der Waals surface area contributed by atoms with Crippen LogP contribution in [-0.4, -0.2) is 29.7 Å². The molecule has 0 saturated carbocycles. The Balaban J connectivity index is 2.06. The van der Waals surface area contributed by atoms with E-state index in [-0.39, 0.29) is 11.6 Å². The third-order valence-corrected chi connectivity index (χ3v) is 4.10. The molecule has 1 heterocycles. The molecular formula is C18H28N2O2. The highest BCUT2D eigenvalue weighted by Gasteiger charge is 2.35. The molecule has 1 aliphatic rings. The van der Waals surface area contributed by atoms with E-state index in [1.807, 2.05) is 20.8 Å². The summed E-state index contributed by atoms with van der Waals surface area (Å²) in [5.41, 5.74) is 9.46. The predicted octanol–water partition coefficient (Wildman–Crippen LogP) is 3.49. The van der Waals surface area contributed by atoms with Crippen molar-refractivity contribution >= 4 is 6.09 Å². The van der Waals surface area contributed by atoms with Crippen molar-refractivity contribution in [2.45, 2.75) is 58.6 Å². The van der Waals surface area contributed by atoms with Gasteiger partial charge < -0.3 is 15.4 Å². The van der Waals surface area contributed by atoms with Crippen LogP contribution in [0, 0.1) is 13.8 Å². The van der Waals surface area contributed by atoms with Gasteiger partial charge in [0.25, 0.3) is 0 Å². The number of hydrogen-bond donors (Lipinski definition) is 1. The number of carbonyl (C=O) groups excluding carboxylic acids is 1. The molecule has 2 rings (SSSR count). The van der Waals surface area contributed by atoms with E-state index in [4.69, 9.17) is 10.5 Å². The van der Waals surface area contributed by atoms with E-state index in [0.29, 0.717) is 13.1 Å². The Kier molecular flexibility index (Phi) is 4.52. The molecule has 1 saturated heterocycles. The molecule has 22 heavy (non-hydrogen) atoms. The van der Waals surface area contributed by atoms with Crippen LogP contribution in [-0.2, 0) is 10.3 Å². The minimum absolute atomic E-state index is 0.241. The zero-order valence-electron chi connectivity index (χ0n) is 14.4. The van der Waals surface area contributed by atoms with E-state index in [1.54, 1.807) is 4.90 Å². The first-order valence-corrected chi connectivity index (χ1v) is 7.95. The van der Waals surface area contributed by atoms with Crippen LogP contribution < -0.4 is 5.73 Å². The lowest BCUT2D eigenvalue weighted by atomic mass is 9.81. The van der Waals surface area contributed by atoms with Gasteiger partial charge in [0.05, 0.1) is 0 Å². The molecule has 1 aromatic carbocycles. The van der Waals surface area contributed by atoms with Crippen LogP contribution in [0.2, 0.25) is 0 Å². The van der Waals surface area contributed by atoms with E-state index in [1.165, 1.54) is 16.7 Å². The summed E-state index contributed by atoms with van der Waals surface area (Å²) in [7, 11) is 0. The molecule has 122 valence electrons. The van der Waals surface area contributed by atoms with Crippen LogP contribution in [0.25, 0.3) is 0 Å². The number of hydrogen-bond acceptors (Lipinski definition) is 3. The zero-order chi connectivity index (χ0) is 16.5. The second-order valence-electron chi connectivity index (χ2n) is 7.50. The van der Waals surface area contributed by atoms with Gasteiger partial charge in [-0.25, -0.2) is 4.79 Å². The first-order valence-electron chi connectivity index (χ1n) is 7.95. The fourth-order valence-corrected chi connectivity index (χ4v) is 2.97. The monoisotopic (exact) mass is 304 g/mol. The van der Waals surface area contributed by atoms with Crippen LogP contribution in [0.5, 0.6) is 0 Å². The molecule has 0 aromatic heterocycles. The van der Waals surface area contributed by atoms with E-state index in [2.05, 4.69) is 32.0 Å². The highest BCUT2D eigenvalue weighted by atomic mass is 16.6. The highest BCUT2D eigenvalue weighted by molar-refractivity contribution is 5.68. The second kappa shape index (κ2) is 5.92. The van der Waals surface area contributed by atoms with Gasteiger partial charge >= 0.3 is 6.09 Å². The summed E-state index contributed by atoms with van der Waals surface area (Å²) in [5, 5.41) is 0. The standard InChI is InChI=1S/C18H28N2O2/c1-13-10-14(2)12-15(11-13)18(19)6-8-20(9-7-18)16(21)22-17(3,4)5/h10-12H,6-9,19H2,1-5H3. The Hall–Kier alpha value is -1.55. The number of piperidine rings is 1. The van der Waals surface area contributed by atoms with Crippen LogP contribution in [0.15, 0.2) is 18.2 Å². The average Bonchev–Trinajstić information content (AvgIpc) is 2.36. The minimum atomic E-state index is -0.456. The smallest absolute Gasteiger partial charge is 0.410 e. The molecule has 1 aromatic rings. The molecule has 1 fully saturated rings. The van der Waals surface area contributed by atoms with E-state index in [9.17, 15) is 4.79 Å². The molecule has 4 nitrogen and oxygen atoms in total. The fourth-order valence-electron chi connectivity index (χ4n) is 2.97. The summed E-state index contributed by atoms with van der Waals surface area (Å²) in [6, 6.07) is 6.48. The summed E-state index contributed by atoms with van der Waals surface area (Å²) in [5.74, 6) is 0. The van der Waals surface area contributed by atoms with Crippen LogP contribution in [0.4, 0.5) is 4.79 Å². The highest BCUT2D eigenvalue weighted by Crippen LogP contribution is 2.32. The molecule has 0 radical (unpaired) electrons. The first-order chi connectivity index (χ1) is 10.1. The lowest BCUT2D eigenvalue weighted by Gasteiger charge is -2.40. The van der Waals surface area contributed by atoms with E-state index >= 15 is 0 Å². The molecule has 1 aliphatic heterocycles. The van der Waals surface area contributed by atoms with Gasteiger partial charge in [-0.15, -0.1) is 0 Å². The number of nitrogens with two attached hydrogens (primary N) is 1. The van der Waals surface area contributed by atoms with Crippen molar-refractivity contribution < 1.29 is 9.53 Å². The SMILES string of the molecule is Cc1cc(C)cc(C2(N)CCN(C(=O)OC(C)(C)C)CC2)c1. The molecule has 0 unspecified atom stereocenters. The van der Waals surface area contributed by atoms with Crippen molar-refractivity contribution in [3.8, 4) is 0 Å². The number of amides is 1. The molecule has 0 atom stereocenters. The minimum Gasteiger partial charge on any atom is -0.444 e. The Bertz CT molecular complexity index is 532. The van der Waals surface area contributed by atoms with Crippen molar-refractivity contribution in [3.05, 3.63) is 34.9 Å². The third-order valence-electron chi connectivity index (χ3n) is 4.10. The second-order valence-corrected chi connectivity index (χ2v) is 7.50. The van der Waals surface area contributed by atoms with Gasteiger partial charge in [0.15, 0.2) is 0 Å². The number of likely N-dealkylation sites (tertiary alicyclic amines) is 1. The molecule has 0 spiro atoms. The summed E-state index contributed by atoms with van der Waals surface area (Å²) < 4.78 is 5.44. The van der Waals surface area contributed by atoms with Crippen molar-refractivity contribution in [2.75, 3.05) is 13.1 Å². The van der Waals surface area contributed by atoms with Gasteiger partial charge in [-0.2, -0.15) is 0 Å². The number of rotatable bonds is 1. The largest absolute Gasteiger partial charge is 0.444 e. The Labute approximate surface area is 133 Å². The number of aryl methyl sites for hydroxylation is 2. The number of benzene rings is 1. The lowest BCUT2D eigenvalue weighted by Crippen LogP contribution is -2.50. The van der Waals surface area contributed by atoms with Gasteiger partial charge in [-0.1, -0.05) is 29.3 Å². The van der Waals surface area contributed by atoms with Crippen molar-refractivity contribution in [1.29, 1.82) is 0 Å². The Morgan fingerprint density at radius 3 is 2.09 bits per heavy atom. The predicted molar refractivity (Wildman–Crippen MR) is 88.8 cm³/mol. The molecule has 2 N–H and O–H groups in total. The van der Waals surface area contributed by atoms with Crippen molar-refractivity contribution in [1.82, 2.24) is 4.90 Å². The summed E-state index contributed by atoms with van der Waals surface area (Å²) >= 11 is 0. The van der Waals surface area contributed by atoms with E-state index < -0.39 is 5.60 Å². The first kappa shape index (κ1) is 16.8. The molecule has 0 bridgehead atoms. The van der Waals surface area contributed by atoms with Crippen LogP contribution in [0.3, 0.4) is 0 Å². The Morgan fingerprint density at radius 1 is 1.14 bits per heavy atom. The number of ether oxygens (including phenoxy) is 1. The van der Waals surface area contributed by atoms with Gasteiger partial charge in [0.2, 0.25) is 0 Å². The van der Waals surface area contributed by atoms with Crippen molar-refractivity contribution in [2.24, 2.45) is 5.73 Å². The maximum atomic E-state index is 12.1. The van der Waals surface area contributed by atoms with Crippen molar-refractivity contribution in [3.63, 3.8) is 0 Å². The fraction of sp³-hybridized carbons (Fsp3) is 0.611. The van der Waals surface area contributed by atoms with E-state index in [0.717, 1.165) is 12.8 Å². The number of carbonyl (C=O) groups is 1. The molecular weight excluding hydrogens is 276 g/mol. The van der Waals surface area contributed by atoms with Gasteiger partial charge in [-0.05, 0) is 53.0 Å².